The first kappa shape index (κ1) is 14.8. The maximum absolute atomic E-state index is 5.70. The second kappa shape index (κ2) is 7.27. The lowest BCUT2D eigenvalue weighted by Crippen LogP contribution is -2.24. The minimum absolute atomic E-state index is 0.681. The first-order valence-electron chi connectivity index (χ1n) is 6.98. The molecule has 19 heavy (non-hydrogen) atoms. The van der Waals surface area contributed by atoms with Crippen LogP contribution in [-0.2, 0) is 11.2 Å². The summed E-state index contributed by atoms with van der Waals surface area (Å²) in [7, 11) is 2.11. The van der Waals surface area contributed by atoms with Crippen molar-refractivity contribution in [2.24, 2.45) is 11.7 Å². The molecule has 0 radical (unpaired) electrons. The standard InChI is InChI=1S/C15H23BrN2O/c1-18(8-9-19-11-12-2-3-12)15-10-14(16)5-4-13(15)6-7-17/h4-5,10,12H,2-3,6-9,11,17H2,1H3. The molecule has 0 atom stereocenters. The molecule has 4 heteroatoms. The van der Waals surface area contributed by atoms with E-state index in [9.17, 15) is 0 Å². The van der Waals surface area contributed by atoms with Crippen molar-refractivity contribution >= 4 is 21.6 Å². The third-order valence-corrected chi connectivity index (χ3v) is 3.99. The zero-order valence-electron chi connectivity index (χ0n) is 11.6. The SMILES string of the molecule is CN(CCOCC1CC1)c1cc(Br)ccc1CCN. The van der Waals surface area contributed by atoms with Crippen LogP contribution in [0.2, 0.25) is 0 Å². The van der Waals surface area contributed by atoms with Crippen LogP contribution in [0.5, 0.6) is 0 Å². The summed E-state index contributed by atoms with van der Waals surface area (Å²) in [5.41, 5.74) is 8.22. The monoisotopic (exact) mass is 326 g/mol. The number of nitrogens with two attached hydrogens (primary N) is 1. The van der Waals surface area contributed by atoms with Crippen LogP contribution in [0, 0.1) is 5.92 Å². The minimum Gasteiger partial charge on any atom is -0.379 e. The van der Waals surface area contributed by atoms with Gasteiger partial charge in [0.2, 0.25) is 0 Å². The van der Waals surface area contributed by atoms with E-state index in [-0.39, 0.29) is 0 Å². The summed E-state index contributed by atoms with van der Waals surface area (Å²) < 4.78 is 6.81. The molecule has 1 fully saturated rings. The average Bonchev–Trinajstić information content (AvgIpc) is 3.21. The number of hydrogen-bond acceptors (Lipinski definition) is 3. The van der Waals surface area contributed by atoms with Crippen LogP contribution in [0.15, 0.2) is 22.7 Å². The third kappa shape index (κ3) is 4.79. The second-order valence-electron chi connectivity index (χ2n) is 5.25. The van der Waals surface area contributed by atoms with Gasteiger partial charge in [-0.1, -0.05) is 22.0 Å². The number of likely N-dealkylation sites (N-methyl/N-ethyl adjacent to an activating group) is 1. The lowest BCUT2D eigenvalue weighted by atomic mass is 10.1. The van der Waals surface area contributed by atoms with E-state index in [0.29, 0.717) is 6.54 Å². The quantitative estimate of drug-likeness (QED) is 0.746. The van der Waals surface area contributed by atoms with Crippen LogP contribution in [-0.4, -0.2) is 33.4 Å². The third-order valence-electron chi connectivity index (χ3n) is 3.49. The van der Waals surface area contributed by atoms with E-state index in [0.717, 1.165) is 36.6 Å². The van der Waals surface area contributed by atoms with E-state index >= 15 is 0 Å². The predicted octanol–water partition coefficient (Wildman–Crippen LogP) is 2.81. The van der Waals surface area contributed by atoms with Crippen molar-refractivity contribution in [1.82, 2.24) is 0 Å². The summed E-state index contributed by atoms with van der Waals surface area (Å²) in [5, 5.41) is 0. The Morgan fingerprint density at radius 2 is 2.21 bits per heavy atom. The molecule has 106 valence electrons. The molecular weight excluding hydrogens is 304 g/mol. The van der Waals surface area contributed by atoms with Gasteiger partial charge in [-0.25, -0.2) is 0 Å². The summed E-state index contributed by atoms with van der Waals surface area (Å²) >= 11 is 3.54. The fourth-order valence-corrected chi connectivity index (χ4v) is 2.46. The molecule has 0 unspecified atom stereocenters. The molecule has 1 saturated carbocycles. The highest BCUT2D eigenvalue weighted by Crippen LogP contribution is 2.29. The summed E-state index contributed by atoms with van der Waals surface area (Å²) in [6, 6.07) is 6.38. The van der Waals surface area contributed by atoms with Gasteiger partial charge in [0.15, 0.2) is 0 Å². The van der Waals surface area contributed by atoms with E-state index in [1.165, 1.54) is 24.1 Å². The van der Waals surface area contributed by atoms with Gasteiger partial charge in [0.05, 0.1) is 6.61 Å². The Labute approximate surface area is 124 Å². The molecule has 2 rings (SSSR count). The lowest BCUT2D eigenvalue weighted by molar-refractivity contribution is 0.131. The largest absolute Gasteiger partial charge is 0.379 e. The van der Waals surface area contributed by atoms with E-state index < -0.39 is 0 Å². The number of anilines is 1. The molecule has 1 aromatic carbocycles. The lowest BCUT2D eigenvalue weighted by Gasteiger charge is -2.23. The number of halogens is 1. The van der Waals surface area contributed by atoms with Gasteiger partial charge in [0.1, 0.15) is 0 Å². The van der Waals surface area contributed by atoms with Crippen LogP contribution in [0.1, 0.15) is 18.4 Å². The molecule has 0 bridgehead atoms. The van der Waals surface area contributed by atoms with Crippen LogP contribution in [0.4, 0.5) is 5.69 Å². The molecule has 0 saturated heterocycles. The number of benzene rings is 1. The Morgan fingerprint density at radius 1 is 1.42 bits per heavy atom. The Hall–Kier alpha value is -0.580. The first-order valence-corrected chi connectivity index (χ1v) is 7.77. The van der Waals surface area contributed by atoms with Crippen LogP contribution in [0.25, 0.3) is 0 Å². The Morgan fingerprint density at radius 3 is 2.89 bits per heavy atom. The zero-order chi connectivity index (χ0) is 13.7. The molecule has 0 heterocycles. The van der Waals surface area contributed by atoms with Crippen molar-refractivity contribution in [3.8, 4) is 0 Å². The summed E-state index contributed by atoms with van der Waals surface area (Å²) in [6.07, 6.45) is 3.61. The van der Waals surface area contributed by atoms with Gasteiger partial charge in [0.25, 0.3) is 0 Å². The summed E-state index contributed by atoms with van der Waals surface area (Å²) in [6.45, 7) is 3.32. The number of ether oxygens (including phenoxy) is 1. The number of hydrogen-bond donors (Lipinski definition) is 1. The second-order valence-corrected chi connectivity index (χ2v) is 6.17. The van der Waals surface area contributed by atoms with E-state index in [1.54, 1.807) is 0 Å². The molecule has 0 aromatic heterocycles. The van der Waals surface area contributed by atoms with Gasteiger partial charge in [-0.15, -0.1) is 0 Å². The highest BCUT2D eigenvalue weighted by atomic mass is 79.9. The van der Waals surface area contributed by atoms with Gasteiger partial charge in [-0.3, -0.25) is 0 Å². The molecule has 1 aliphatic carbocycles. The van der Waals surface area contributed by atoms with Crippen molar-refractivity contribution < 1.29 is 4.74 Å². The van der Waals surface area contributed by atoms with Crippen LogP contribution < -0.4 is 10.6 Å². The van der Waals surface area contributed by atoms with Crippen molar-refractivity contribution in [1.29, 1.82) is 0 Å². The molecular formula is C15H23BrN2O. The van der Waals surface area contributed by atoms with Gasteiger partial charge in [0, 0.05) is 30.4 Å². The highest BCUT2D eigenvalue weighted by molar-refractivity contribution is 9.10. The van der Waals surface area contributed by atoms with Gasteiger partial charge < -0.3 is 15.4 Å². The summed E-state index contributed by atoms with van der Waals surface area (Å²) in [5.74, 6) is 0.837. The maximum Gasteiger partial charge on any atom is 0.0641 e. The first-order chi connectivity index (χ1) is 9.20. The Balaban J connectivity index is 1.87. The minimum atomic E-state index is 0.681. The molecule has 1 aromatic rings. The maximum atomic E-state index is 5.70. The highest BCUT2D eigenvalue weighted by Gasteiger charge is 2.21. The number of nitrogens with zero attached hydrogens (tertiary/aromatic N) is 1. The van der Waals surface area contributed by atoms with Gasteiger partial charge in [-0.05, 0) is 49.4 Å². The van der Waals surface area contributed by atoms with Crippen molar-refractivity contribution in [3.63, 3.8) is 0 Å². The molecule has 2 N–H and O–H groups in total. The van der Waals surface area contributed by atoms with Crippen LogP contribution >= 0.6 is 15.9 Å². The van der Waals surface area contributed by atoms with Gasteiger partial charge >= 0.3 is 0 Å². The van der Waals surface area contributed by atoms with Crippen LogP contribution in [0.3, 0.4) is 0 Å². The Bertz CT molecular complexity index is 407. The predicted molar refractivity (Wildman–Crippen MR) is 83.7 cm³/mol. The molecule has 0 spiro atoms. The molecule has 3 nitrogen and oxygen atoms in total. The van der Waals surface area contributed by atoms with E-state index in [1.807, 2.05) is 0 Å². The molecule has 0 aliphatic heterocycles. The van der Waals surface area contributed by atoms with Crippen molar-refractivity contribution in [2.45, 2.75) is 19.3 Å². The fourth-order valence-electron chi connectivity index (χ4n) is 2.12. The van der Waals surface area contributed by atoms with Gasteiger partial charge in [-0.2, -0.15) is 0 Å². The van der Waals surface area contributed by atoms with E-state index in [2.05, 4.69) is 46.1 Å². The fraction of sp³-hybridized carbons (Fsp3) is 0.600. The molecule has 1 aliphatic rings. The number of rotatable bonds is 8. The Kier molecular flexibility index (Phi) is 5.67. The molecule has 0 amide bonds. The normalized spacial score (nSPS) is 14.7. The zero-order valence-corrected chi connectivity index (χ0v) is 13.2. The average molecular weight is 327 g/mol. The topological polar surface area (TPSA) is 38.5 Å². The summed E-state index contributed by atoms with van der Waals surface area (Å²) in [4.78, 5) is 2.25. The van der Waals surface area contributed by atoms with E-state index in [4.69, 9.17) is 10.5 Å². The van der Waals surface area contributed by atoms with Crippen molar-refractivity contribution in [2.75, 3.05) is 38.3 Å². The van der Waals surface area contributed by atoms with Crippen molar-refractivity contribution in [3.05, 3.63) is 28.2 Å². The smallest absolute Gasteiger partial charge is 0.0641 e.